The van der Waals surface area contributed by atoms with E-state index in [1.54, 1.807) is 18.2 Å². The van der Waals surface area contributed by atoms with Gasteiger partial charge in [-0.3, -0.25) is 4.79 Å². The zero-order valence-corrected chi connectivity index (χ0v) is 11.5. The van der Waals surface area contributed by atoms with Crippen molar-refractivity contribution in [3.63, 3.8) is 0 Å². The van der Waals surface area contributed by atoms with Gasteiger partial charge in [0.1, 0.15) is 0 Å². The van der Waals surface area contributed by atoms with Gasteiger partial charge in [0.15, 0.2) is 5.76 Å². The molecule has 0 saturated carbocycles. The van der Waals surface area contributed by atoms with Gasteiger partial charge in [-0.2, -0.15) is 0 Å². The molecule has 0 aliphatic rings. The molecule has 3 aromatic rings. The van der Waals surface area contributed by atoms with Crippen LogP contribution < -0.4 is 5.32 Å². The van der Waals surface area contributed by atoms with Gasteiger partial charge in [-0.25, -0.2) is 0 Å². The number of hydrogen-bond acceptors (Lipinski definition) is 3. The van der Waals surface area contributed by atoms with Crippen LogP contribution in [0.3, 0.4) is 0 Å². The van der Waals surface area contributed by atoms with E-state index in [-0.39, 0.29) is 5.78 Å². The van der Waals surface area contributed by atoms with E-state index in [1.807, 2.05) is 48.5 Å². The number of rotatable bonds is 5. The van der Waals surface area contributed by atoms with Crippen LogP contribution in [0.5, 0.6) is 0 Å². The van der Waals surface area contributed by atoms with E-state index in [4.69, 9.17) is 4.42 Å². The van der Waals surface area contributed by atoms with Crippen molar-refractivity contribution < 1.29 is 9.21 Å². The van der Waals surface area contributed by atoms with Crippen LogP contribution in [0.25, 0.3) is 0 Å². The van der Waals surface area contributed by atoms with Crippen LogP contribution in [0.15, 0.2) is 77.4 Å². The van der Waals surface area contributed by atoms with Crippen molar-refractivity contribution in [3.05, 3.63) is 89.9 Å². The van der Waals surface area contributed by atoms with Gasteiger partial charge < -0.3 is 9.73 Å². The molecule has 0 radical (unpaired) electrons. The molecule has 1 aromatic heterocycles. The number of carbonyl (C=O) groups excluding carboxylic acids is 1. The Morgan fingerprint density at radius 3 is 2.43 bits per heavy atom. The van der Waals surface area contributed by atoms with Crippen molar-refractivity contribution in [1.82, 2.24) is 0 Å². The molecule has 0 aliphatic heterocycles. The first-order valence-corrected chi connectivity index (χ1v) is 6.79. The third-order valence-corrected chi connectivity index (χ3v) is 3.24. The lowest BCUT2D eigenvalue weighted by Crippen LogP contribution is -2.07. The van der Waals surface area contributed by atoms with Crippen LogP contribution in [0.4, 0.5) is 5.69 Å². The van der Waals surface area contributed by atoms with Crippen molar-refractivity contribution in [2.75, 3.05) is 5.32 Å². The van der Waals surface area contributed by atoms with Gasteiger partial charge in [0.25, 0.3) is 0 Å². The summed E-state index contributed by atoms with van der Waals surface area (Å²) < 4.78 is 5.19. The molecule has 1 N–H and O–H groups in total. The Morgan fingerprint density at radius 2 is 1.67 bits per heavy atom. The van der Waals surface area contributed by atoms with Crippen LogP contribution in [0, 0.1) is 0 Å². The van der Waals surface area contributed by atoms with Gasteiger partial charge in [0.05, 0.1) is 6.26 Å². The maximum atomic E-state index is 12.4. The fourth-order valence-corrected chi connectivity index (χ4v) is 2.17. The summed E-state index contributed by atoms with van der Waals surface area (Å²) in [5, 5.41) is 3.31. The molecule has 3 nitrogen and oxygen atoms in total. The molecule has 0 aliphatic carbocycles. The van der Waals surface area contributed by atoms with E-state index in [2.05, 4.69) is 5.32 Å². The molecule has 0 saturated heterocycles. The molecule has 0 unspecified atom stereocenters. The van der Waals surface area contributed by atoms with Crippen molar-refractivity contribution >= 4 is 11.5 Å². The van der Waals surface area contributed by atoms with Gasteiger partial charge in [0.2, 0.25) is 5.78 Å². The number of hydrogen-bond donors (Lipinski definition) is 1. The quantitative estimate of drug-likeness (QED) is 0.713. The van der Waals surface area contributed by atoms with Crippen molar-refractivity contribution in [3.8, 4) is 0 Å². The second-order valence-electron chi connectivity index (χ2n) is 4.69. The third kappa shape index (κ3) is 3.03. The Labute approximate surface area is 123 Å². The zero-order chi connectivity index (χ0) is 14.5. The predicted octanol–water partition coefficient (Wildman–Crippen LogP) is 4.12. The zero-order valence-electron chi connectivity index (χ0n) is 11.5. The third-order valence-electron chi connectivity index (χ3n) is 3.24. The van der Waals surface area contributed by atoms with Gasteiger partial charge in [0, 0.05) is 17.8 Å². The highest BCUT2D eigenvalue weighted by atomic mass is 16.3. The molecule has 3 rings (SSSR count). The molecule has 0 atom stereocenters. The molecule has 0 bridgehead atoms. The van der Waals surface area contributed by atoms with E-state index in [0.717, 1.165) is 11.3 Å². The van der Waals surface area contributed by atoms with Crippen LogP contribution in [-0.4, -0.2) is 5.78 Å². The van der Waals surface area contributed by atoms with Crippen LogP contribution in [0.1, 0.15) is 21.7 Å². The Kier molecular flexibility index (Phi) is 3.83. The van der Waals surface area contributed by atoms with E-state index in [0.29, 0.717) is 17.9 Å². The fraction of sp³-hybridized carbons (Fsp3) is 0.0556. The maximum absolute atomic E-state index is 12.4. The molecule has 21 heavy (non-hydrogen) atoms. The molecular formula is C18H15NO2. The highest BCUT2D eigenvalue weighted by molar-refractivity contribution is 6.10. The smallest absolute Gasteiger partial charge is 0.230 e. The second-order valence-corrected chi connectivity index (χ2v) is 4.69. The SMILES string of the molecule is O=C(c1ccco1)c1ccccc1NCc1ccccc1. The summed E-state index contributed by atoms with van der Waals surface area (Å²) in [5.74, 6) is 0.236. The minimum atomic E-state index is -0.115. The summed E-state index contributed by atoms with van der Waals surface area (Å²) in [5.41, 5.74) is 2.59. The first-order valence-electron chi connectivity index (χ1n) is 6.79. The summed E-state index contributed by atoms with van der Waals surface area (Å²) in [7, 11) is 0. The molecule has 0 spiro atoms. The molecule has 0 amide bonds. The molecule has 1 heterocycles. The summed E-state index contributed by atoms with van der Waals surface area (Å²) in [6.45, 7) is 0.670. The average Bonchev–Trinajstić information content (AvgIpc) is 3.08. The summed E-state index contributed by atoms with van der Waals surface area (Å²) >= 11 is 0. The van der Waals surface area contributed by atoms with E-state index >= 15 is 0 Å². The lowest BCUT2D eigenvalue weighted by atomic mass is 10.1. The first kappa shape index (κ1) is 13.2. The Balaban J connectivity index is 1.81. The van der Waals surface area contributed by atoms with Crippen LogP contribution in [0.2, 0.25) is 0 Å². The van der Waals surface area contributed by atoms with Crippen LogP contribution in [-0.2, 0) is 6.54 Å². The van der Waals surface area contributed by atoms with E-state index < -0.39 is 0 Å². The number of anilines is 1. The summed E-state index contributed by atoms with van der Waals surface area (Å²) in [6, 6.07) is 20.9. The average molecular weight is 277 g/mol. The van der Waals surface area contributed by atoms with Gasteiger partial charge in [-0.1, -0.05) is 42.5 Å². The topological polar surface area (TPSA) is 42.2 Å². The number of benzene rings is 2. The fourth-order valence-electron chi connectivity index (χ4n) is 2.17. The maximum Gasteiger partial charge on any atom is 0.230 e. The van der Waals surface area contributed by atoms with Crippen molar-refractivity contribution in [1.29, 1.82) is 0 Å². The largest absolute Gasteiger partial charge is 0.461 e. The Hall–Kier alpha value is -2.81. The standard InChI is InChI=1S/C18H15NO2/c20-18(17-11-6-12-21-17)15-9-4-5-10-16(15)19-13-14-7-2-1-3-8-14/h1-12,19H,13H2. The van der Waals surface area contributed by atoms with Crippen molar-refractivity contribution in [2.45, 2.75) is 6.54 Å². The molecule has 3 heteroatoms. The predicted molar refractivity (Wildman–Crippen MR) is 82.4 cm³/mol. The van der Waals surface area contributed by atoms with Crippen LogP contribution >= 0.6 is 0 Å². The lowest BCUT2D eigenvalue weighted by Gasteiger charge is -2.10. The Morgan fingerprint density at radius 1 is 0.905 bits per heavy atom. The van der Waals surface area contributed by atoms with Gasteiger partial charge in [-0.05, 0) is 29.8 Å². The molecular weight excluding hydrogens is 262 g/mol. The molecule has 0 fully saturated rings. The number of furan rings is 1. The summed E-state index contributed by atoms with van der Waals surface area (Å²) in [4.78, 5) is 12.4. The van der Waals surface area contributed by atoms with E-state index in [1.165, 1.54) is 6.26 Å². The second kappa shape index (κ2) is 6.09. The molecule has 104 valence electrons. The lowest BCUT2D eigenvalue weighted by molar-refractivity contribution is 0.101. The monoisotopic (exact) mass is 277 g/mol. The number of ketones is 1. The highest BCUT2D eigenvalue weighted by Gasteiger charge is 2.15. The highest BCUT2D eigenvalue weighted by Crippen LogP contribution is 2.20. The summed E-state index contributed by atoms with van der Waals surface area (Å²) in [6.07, 6.45) is 1.51. The normalized spacial score (nSPS) is 10.3. The van der Waals surface area contributed by atoms with E-state index in [9.17, 15) is 4.79 Å². The minimum absolute atomic E-state index is 0.115. The Bertz CT molecular complexity index is 718. The minimum Gasteiger partial charge on any atom is -0.461 e. The number of para-hydroxylation sites is 1. The number of nitrogens with one attached hydrogen (secondary N) is 1. The molecule has 2 aromatic carbocycles. The van der Waals surface area contributed by atoms with Gasteiger partial charge in [-0.15, -0.1) is 0 Å². The first-order chi connectivity index (χ1) is 10.3. The van der Waals surface area contributed by atoms with Crippen molar-refractivity contribution in [2.24, 2.45) is 0 Å². The number of carbonyl (C=O) groups is 1. The van der Waals surface area contributed by atoms with Gasteiger partial charge >= 0.3 is 0 Å².